The highest BCUT2D eigenvalue weighted by Gasteiger charge is 2.14. The molecule has 0 aliphatic heterocycles. The van der Waals surface area contributed by atoms with Gasteiger partial charge in [0.25, 0.3) is 5.91 Å². The number of methoxy groups -OCH3 is 1. The SMILES string of the molecule is COc1ccccc1C(=O)N/N=C\c1c(OC(=O)c2ccc(Cl)cc2)ccc2ccccc12. The third kappa shape index (κ3) is 5.02. The molecule has 0 aromatic heterocycles. The summed E-state index contributed by atoms with van der Waals surface area (Å²) in [5.74, 6) is -0.213. The largest absolute Gasteiger partial charge is 0.496 e. The molecule has 0 radical (unpaired) electrons. The molecule has 0 saturated carbocycles. The van der Waals surface area contributed by atoms with Gasteiger partial charge in [0.05, 0.1) is 24.5 Å². The van der Waals surface area contributed by atoms with Crippen molar-refractivity contribution in [2.75, 3.05) is 7.11 Å². The third-order valence-corrected chi connectivity index (χ3v) is 5.18. The van der Waals surface area contributed by atoms with E-state index >= 15 is 0 Å². The summed E-state index contributed by atoms with van der Waals surface area (Å²) in [5, 5.41) is 6.38. The number of amides is 1. The fourth-order valence-electron chi connectivity index (χ4n) is 3.29. The van der Waals surface area contributed by atoms with E-state index in [9.17, 15) is 9.59 Å². The molecule has 1 N–H and O–H groups in total. The Hall–Kier alpha value is -4.16. The summed E-state index contributed by atoms with van der Waals surface area (Å²) in [5.41, 5.74) is 3.76. The number of hydrogen-bond acceptors (Lipinski definition) is 5. The molecular weight excluding hydrogens is 440 g/mol. The minimum absolute atomic E-state index is 0.309. The maximum Gasteiger partial charge on any atom is 0.343 e. The van der Waals surface area contributed by atoms with Crippen LogP contribution in [0.4, 0.5) is 0 Å². The number of benzene rings is 4. The van der Waals surface area contributed by atoms with E-state index < -0.39 is 11.9 Å². The number of fused-ring (bicyclic) bond motifs is 1. The topological polar surface area (TPSA) is 77.0 Å². The number of esters is 1. The third-order valence-electron chi connectivity index (χ3n) is 4.92. The Morgan fingerprint density at radius 1 is 0.879 bits per heavy atom. The molecule has 0 heterocycles. The van der Waals surface area contributed by atoms with E-state index in [0.29, 0.717) is 33.2 Å². The number of hydrogen-bond donors (Lipinski definition) is 1. The quantitative estimate of drug-likeness (QED) is 0.179. The van der Waals surface area contributed by atoms with Crippen molar-refractivity contribution >= 4 is 40.5 Å². The number of carbonyl (C=O) groups is 2. The number of para-hydroxylation sites is 1. The summed E-state index contributed by atoms with van der Waals surface area (Å²) in [6, 6.07) is 24.4. The summed E-state index contributed by atoms with van der Waals surface area (Å²) < 4.78 is 10.9. The minimum atomic E-state index is -0.533. The smallest absolute Gasteiger partial charge is 0.343 e. The molecule has 6 nitrogen and oxygen atoms in total. The van der Waals surface area contributed by atoms with Crippen LogP contribution in [0.1, 0.15) is 26.3 Å². The van der Waals surface area contributed by atoms with Crippen molar-refractivity contribution in [2.45, 2.75) is 0 Å². The Balaban J connectivity index is 1.63. The molecule has 0 fully saturated rings. The Labute approximate surface area is 195 Å². The van der Waals surface area contributed by atoms with Gasteiger partial charge in [0.15, 0.2) is 0 Å². The van der Waals surface area contributed by atoms with Crippen LogP contribution in [-0.2, 0) is 0 Å². The van der Waals surface area contributed by atoms with Gasteiger partial charge in [-0.3, -0.25) is 4.79 Å². The molecule has 4 aromatic rings. The molecule has 0 spiro atoms. The molecule has 33 heavy (non-hydrogen) atoms. The first kappa shape index (κ1) is 22.0. The van der Waals surface area contributed by atoms with E-state index in [1.165, 1.54) is 13.3 Å². The van der Waals surface area contributed by atoms with Gasteiger partial charge in [-0.1, -0.05) is 54.1 Å². The van der Waals surface area contributed by atoms with E-state index in [1.807, 2.05) is 30.3 Å². The predicted octanol–water partition coefficient (Wildman–Crippen LogP) is 5.48. The Kier molecular flexibility index (Phi) is 6.66. The lowest BCUT2D eigenvalue weighted by Crippen LogP contribution is -2.18. The zero-order valence-corrected chi connectivity index (χ0v) is 18.4. The highest BCUT2D eigenvalue weighted by molar-refractivity contribution is 6.30. The molecule has 0 bridgehead atoms. The lowest BCUT2D eigenvalue weighted by Gasteiger charge is -2.11. The van der Waals surface area contributed by atoms with Gasteiger partial charge < -0.3 is 9.47 Å². The van der Waals surface area contributed by atoms with Crippen LogP contribution in [0.3, 0.4) is 0 Å². The number of hydrazone groups is 1. The van der Waals surface area contributed by atoms with E-state index in [4.69, 9.17) is 21.1 Å². The number of nitrogens with one attached hydrogen (secondary N) is 1. The van der Waals surface area contributed by atoms with E-state index in [1.54, 1.807) is 54.6 Å². The molecule has 4 rings (SSSR count). The normalized spacial score (nSPS) is 10.8. The maximum atomic E-state index is 12.7. The molecular formula is C26H19ClN2O4. The second-order valence-electron chi connectivity index (χ2n) is 6.99. The second-order valence-corrected chi connectivity index (χ2v) is 7.43. The minimum Gasteiger partial charge on any atom is -0.496 e. The predicted molar refractivity (Wildman–Crippen MR) is 128 cm³/mol. The number of ether oxygens (including phenoxy) is 2. The van der Waals surface area contributed by atoms with Crippen molar-refractivity contribution in [3.8, 4) is 11.5 Å². The highest BCUT2D eigenvalue weighted by atomic mass is 35.5. The van der Waals surface area contributed by atoms with Crippen molar-refractivity contribution in [1.82, 2.24) is 5.43 Å². The number of halogens is 1. The summed E-state index contributed by atoms with van der Waals surface area (Å²) in [6.45, 7) is 0. The Morgan fingerprint density at radius 3 is 2.39 bits per heavy atom. The molecule has 0 unspecified atom stereocenters. The lowest BCUT2D eigenvalue weighted by molar-refractivity contribution is 0.0734. The van der Waals surface area contributed by atoms with Crippen LogP contribution in [0.5, 0.6) is 11.5 Å². The monoisotopic (exact) mass is 458 g/mol. The molecule has 0 aliphatic carbocycles. The molecule has 0 atom stereocenters. The van der Waals surface area contributed by atoms with Gasteiger partial charge in [0, 0.05) is 10.6 Å². The van der Waals surface area contributed by atoms with E-state index in [0.717, 1.165) is 10.8 Å². The first-order valence-electron chi connectivity index (χ1n) is 10.0. The van der Waals surface area contributed by atoms with Crippen molar-refractivity contribution < 1.29 is 19.1 Å². The van der Waals surface area contributed by atoms with Gasteiger partial charge in [-0.2, -0.15) is 5.10 Å². The second kappa shape index (κ2) is 9.97. The van der Waals surface area contributed by atoms with Gasteiger partial charge in [-0.15, -0.1) is 0 Å². The van der Waals surface area contributed by atoms with Crippen LogP contribution in [0, 0.1) is 0 Å². The Bertz CT molecular complexity index is 1350. The van der Waals surface area contributed by atoms with E-state index in [2.05, 4.69) is 10.5 Å². The van der Waals surface area contributed by atoms with Crippen LogP contribution in [0.2, 0.25) is 5.02 Å². The summed E-state index contributed by atoms with van der Waals surface area (Å²) >= 11 is 5.90. The molecule has 7 heteroatoms. The summed E-state index contributed by atoms with van der Waals surface area (Å²) in [4.78, 5) is 25.2. The van der Waals surface area contributed by atoms with Gasteiger partial charge in [0.1, 0.15) is 11.5 Å². The van der Waals surface area contributed by atoms with Crippen LogP contribution in [0.25, 0.3) is 10.8 Å². The fraction of sp³-hybridized carbons (Fsp3) is 0.0385. The highest BCUT2D eigenvalue weighted by Crippen LogP contribution is 2.27. The molecule has 1 amide bonds. The van der Waals surface area contributed by atoms with Crippen LogP contribution in [0.15, 0.2) is 90.0 Å². The molecule has 164 valence electrons. The fourth-order valence-corrected chi connectivity index (χ4v) is 3.42. The van der Waals surface area contributed by atoms with Gasteiger partial charge in [-0.25, -0.2) is 10.2 Å². The average molecular weight is 459 g/mol. The number of carbonyl (C=O) groups excluding carboxylic acids is 2. The van der Waals surface area contributed by atoms with Gasteiger partial charge >= 0.3 is 5.97 Å². The zero-order chi connectivity index (χ0) is 23.2. The standard InChI is InChI=1S/C26H19ClN2O4/c1-32-23-9-5-4-8-21(23)25(30)29-28-16-22-20-7-3-2-6-17(20)12-15-24(22)33-26(31)18-10-13-19(27)14-11-18/h2-16H,1H3,(H,29,30)/b28-16-. The van der Waals surface area contributed by atoms with Crippen molar-refractivity contribution in [2.24, 2.45) is 5.10 Å². The molecule has 4 aromatic carbocycles. The number of rotatable bonds is 6. The zero-order valence-electron chi connectivity index (χ0n) is 17.6. The van der Waals surface area contributed by atoms with E-state index in [-0.39, 0.29) is 0 Å². The Morgan fingerprint density at radius 2 is 1.61 bits per heavy atom. The molecule has 0 aliphatic rings. The summed E-state index contributed by atoms with van der Waals surface area (Å²) in [7, 11) is 1.49. The maximum absolute atomic E-state index is 12.7. The summed E-state index contributed by atoms with van der Waals surface area (Å²) in [6.07, 6.45) is 1.46. The van der Waals surface area contributed by atoms with Gasteiger partial charge in [0.2, 0.25) is 0 Å². The van der Waals surface area contributed by atoms with Crippen molar-refractivity contribution in [1.29, 1.82) is 0 Å². The first-order valence-corrected chi connectivity index (χ1v) is 10.4. The molecule has 0 saturated heterocycles. The lowest BCUT2D eigenvalue weighted by atomic mass is 10.0. The van der Waals surface area contributed by atoms with Crippen LogP contribution >= 0.6 is 11.6 Å². The van der Waals surface area contributed by atoms with Crippen LogP contribution < -0.4 is 14.9 Å². The first-order chi connectivity index (χ1) is 16.1. The van der Waals surface area contributed by atoms with Crippen LogP contribution in [-0.4, -0.2) is 25.2 Å². The van der Waals surface area contributed by atoms with Crippen molar-refractivity contribution in [3.63, 3.8) is 0 Å². The average Bonchev–Trinajstić information content (AvgIpc) is 2.85. The van der Waals surface area contributed by atoms with Gasteiger partial charge in [-0.05, 0) is 53.2 Å². The van der Waals surface area contributed by atoms with Crippen molar-refractivity contribution in [3.05, 3.63) is 107 Å². The number of nitrogens with zero attached hydrogens (tertiary/aromatic N) is 1.